The van der Waals surface area contributed by atoms with E-state index in [9.17, 15) is 8.42 Å². The Labute approximate surface area is 122 Å². The number of anilines is 2. The molecular weight excluding hydrogens is 272 g/mol. The SMILES string of the molecule is CC1CCCC(C)C1Nc1cccc(NS(C)(=O)=O)c1. The molecule has 0 aliphatic heterocycles. The summed E-state index contributed by atoms with van der Waals surface area (Å²) < 4.78 is 25.1. The quantitative estimate of drug-likeness (QED) is 0.896. The summed E-state index contributed by atoms with van der Waals surface area (Å²) >= 11 is 0. The van der Waals surface area contributed by atoms with Gasteiger partial charge in [0.15, 0.2) is 0 Å². The van der Waals surface area contributed by atoms with Crippen LogP contribution in [0.25, 0.3) is 0 Å². The average molecular weight is 296 g/mol. The van der Waals surface area contributed by atoms with E-state index < -0.39 is 10.0 Å². The molecular formula is C15H24N2O2S. The lowest BCUT2D eigenvalue weighted by Crippen LogP contribution is -2.37. The van der Waals surface area contributed by atoms with Crippen molar-refractivity contribution in [3.63, 3.8) is 0 Å². The maximum absolute atomic E-state index is 11.3. The standard InChI is InChI=1S/C15H24N2O2S/c1-11-6-4-7-12(2)15(11)16-13-8-5-9-14(10-13)17-20(3,18)19/h5,8-12,15-17H,4,6-7H2,1-3H3. The lowest BCUT2D eigenvalue weighted by Gasteiger charge is -2.36. The molecule has 4 nitrogen and oxygen atoms in total. The van der Waals surface area contributed by atoms with E-state index in [-0.39, 0.29) is 0 Å². The molecule has 0 bridgehead atoms. The summed E-state index contributed by atoms with van der Waals surface area (Å²) in [5.41, 5.74) is 1.58. The Morgan fingerprint density at radius 1 is 1.10 bits per heavy atom. The highest BCUT2D eigenvalue weighted by molar-refractivity contribution is 7.92. The first-order valence-corrected chi connectivity index (χ1v) is 9.09. The number of benzene rings is 1. The molecule has 2 atom stereocenters. The molecule has 1 fully saturated rings. The van der Waals surface area contributed by atoms with Crippen molar-refractivity contribution in [3.05, 3.63) is 24.3 Å². The van der Waals surface area contributed by atoms with Crippen molar-refractivity contribution in [1.82, 2.24) is 0 Å². The molecule has 20 heavy (non-hydrogen) atoms. The summed E-state index contributed by atoms with van der Waals surface area (Å²) in [7, 11) is -3.23. The second-order valence-electron chi connectivity index (χ2n) is 6.01. The molecule has 1 aromatic carbocycles. The lowest BCUT2D eigenvalue weighted by molar-refractivity contribution is 0.268. The van der Waals surface area contributed by atoms with Gasteiger partial charge in [0.1, 0.15) is 0 Å². The molecule has 1 aliphatic carbocycles. The Morgan fingerprint density at radius 2 is 1.70 bits per heavy atom. The van der Waals surface area contributed by atoms with Crippen molar-refractivity contribution >= 4 is 21.4 Å². The fraction of sp³-hybridized carbons (Fsp3) is 0.600. The maximum atomic E-state index is 11.3. The van der Waals surface area contributed by atoms with Crippen molar-refractivity contribution in [3.8, 4) is 0 Å². The Kier molecular flexibility index (Phi) is 4.58. The molecule has 0 spiro atoms. The van der Waals surface area contributed by atoms with Gasteiger partial charge in [-0.3, -0.25) is 4.72 Å². The van der Waals surface area contributed by atoms with E-state index >= 15 is 0 Å². The summed E-state index contributed by atoms with van der Waals surface area (Å²) in [6.45, 7) is 4.57. The van der Waals surface area contributed by atoms with E-state index in [0.29, 0.717) is 23.6 Å². The molecule has 1 aromatic rings. The Hall–Kier alpha value is -1.23. The van der Waals surface area contributed by atoms with Crippen LogP contribution in [-0.2, 0) is 10.0 Å². The maximum Gasteiger partial charge on any atom is 0.229 e. The van der Waals surface area contributed by atoms with Crippen LogP contribution < -0.4 is 10.0 Å². The van der Waals surface area contributed by atoms with Crippen molar-refractivity contribution < 1.29 is 8.42 Å². The van der Waals surface area contributed by atoms with Gasteiger partial charge in [0.05, 0.1) is 11.9 Å². The van der Waals surface area contributed by atoms with Gasteiger partial charge in [0, 0.05) is 11.7 Å². The molecule has 112 valence electrons. The van der Waals surface area contributed by atoms with Gasteiger partial charge < -0.3 is 5.32 Å². The van der Waals surface area contributed by atoms with Crippen LogP contribution in [0.2, 0.25) is 0 Å². The van der Waals surface area contributed by atoms with Crippen molar-refractivity contribution in [1.29, 1.82) is 0 Å². The van der Waals surface area contributed by atoms with E-state index in [1.165, 1.54) is 25.5 Å². The van der Waals surface area contributed by atoms with Crippen molar-refractivity contribution in [2.45, 2.75) is 39.2 Å². The van der Waals surface area contributed by atoms with Gasteiger partial charge in [-0.2, -0.15) is 0 Å². The normalized spacial score (nSPS) is 27.1. The summed E-state index contributed by atoms with van der Waals surface area (Å²) in [6, 6.07) is 7.93. The second-order valence-corrected chi connectivity index (χ2v) is 7.76. The van der Waals surface area contributed by atoms with Crippen LogP contribution >= 0.6 is 0 Å². The van der Waals surface area contributed by atoms with E-state index in [0.717, 1.165) is 5.69 Å². The van der Waals surface area contributed by atoms with Crippen LogP contribution in [0.3, 0.4) is 0 Å². The number of hydrogen-bond donors (Lipinski definition) is 2. The summed E-state index contributed by atoms with van der Waals surface area (Å²) in [4.78, 5) is 0. The minimum atomic E-state index is -3.23. The fourth-order valence-electron chi connectivity index (χ4n) is 3.05. The molecule has 0 amide bonds. The Morgan fingerprint density at radius 3 is 2.30 bits per heavy atom. The molecule has 0 saturated heterocycles. The molecule has 0 aromatic heterocycles. The first-order chi connectivity index (χ1) is 9.35. The van der Waals surface area contributed by atoms with Gasteiger partial charge in [0.25, 0.3) is 0 Å². The first kappa shape index (κ1) is 15.2. The number of nitrogens with one attached hydrogen (secondary N) is 2. The third kappa shape index (κ3) is 4.13. The average Bonchev–Trinajstić information content (AvgIpc) is 2.32. The van der Waals surface area contributed by atoms with E-state index in [1.807, 2.05) is 18.2 Å². The highest BCUT2D eigenvalue weighted by Gasteiger charge is 2.27. The zero-order valence-electron chi connectivity index (χ0n) is 12.4. The monoisotopic (exact) mass is 296 g/mol. The predicted molar refractivity (Wildman–Crippen MR) is 84.5 cm³/mol. The van der Waals surface area contributed by atoms with Crippen molar-refractivity contribution in [2.24, 2.45) is 11.8 Å². The van der Waals surface area contributed by atoms with Crippen LogP contribution in [0.1, 0.15) is 33.1 Å². The van der Waals surface area contributed by atoms with Gasteiger partial charge in [-0.05, 0) is 42.9 Å². The highest BCUT2D eigenvalue weighted by atomic mass is 32.2. The molecule has 2 rings (SSSR count). The van der Waals surface area contributed by atoms with Gasteiger partial charge in [-0.1, -0.05) is 26.3 Å². The van der Waals surface area contributed by atoms with Crippen LogP contribution in [0.5, 0.6) is 0 Å². The molecule has 5 heteroatoms. The van der Waals surface area contributed by atoms with Crippen LogP contribution in [-0.4, -0.2) is 20.7 Å². The number of sulfonamides is 1. The highest BCUT2D eigenvalue weighted by Crippen LogP contribution is 2.31. The first-order valence-electron chi connectivity index (χ1n) is 7.19. The molecule has 1 aliphatic rings. The summed E-state index contributed by atoms with van der Waals surface area (Å²) in [5, 5.41) is 3.57. The second kappa shape index (κ2) is 6.04. The van der Waals surface area contributed by atoms with E-state index in [2.05, 4.69) is 23.9 Å². The molecule has 0 heterocycles. The Bertz CT molecular complexity index is 547. The minimum Gasteiger partial charge on any atom is -0.382 e. The zero-order valence-corrected chi connectivity index (χ0v) is 13.2. The molecule has 2 unspecified atom stereocenters. The minimum absolute atomic E-state index is 0.456. The largest absolute Gasteiger partial charge is 0.382 e. The number of hydrogen-bond acceptors (Lipinski definition) is 3. The summed E-state index contributed by atoms with van der Waals surface area (Å²) in [5.74, 6) is 1.29. The molecule has 0 radical (unpaired) electrons. The smallest absolute Gasteiger partial charge is 0.229 e. The Balaban J connectivity index is 2.11. The topological polar surface area (TPSA) is 58.2 Å². The zero-order chi connectivity index (χ0) is 14.8. The molecule has 2 N–H and O–H groups in total. The predicted octanol–water partition coefficient (Wildman–Crippen LogP) is 3.29. The summed E-state index contributed by atoms with van der Waals surface area (Å²) in [6.07, 6.45) is 4.97. The van der Waals surface area contributed by atoms with Crippen LogP contribution in [0, 0.1) is 11.8 Å². The van der Waals surface area contributed by atoms with Crippen molar-refractivity contribution in [2.75, 3.05) is 16.3 Å². The third-order valence-corrected chi connectivity index (χ3v) is 4.65. The van der Waals surface area contributed by atoms with Gasteiger partial charge >= 0.3 is 0 Å². The van der Waals surface area contributed by atoms with Crippen LogP contribution in [0.4, 0.5) is 11.4 Å². The third-order valence-electron chi connectivity index (χ3n) is 4.04. The lowest BCUT2D eigenvalue weighted by atomic mass is 9.78. The van der Waals surface area contributed by atoms with E-state index in [1.54, 1.807) is 6.07 Å². The fourth-order valence-corrected chi connectivity index (χ4v) is 3.60. The molecule has 1 saturated carbocycles. The van der Waals surface area contributed by atoms with Gasteiger partial charge in [0.2, 0.25) is 10.0 Å². The van der Waals surface area contributed by atoms with Gasteiger partial charge in [-0.25, -0.2) is 8.42 Å². The van der Waals surface area contributed by atoms with Gasteiger partial charge in [-0.15, -0.1) is 0 Å². The number of rotatable bonds is 4. The van der Waals surface area contributed by atoms with Crippen LogP contribution in [0.15, 0.2) is 24.3 Å². The van der Waals surface area contributed by atoms with E-state index in [4.69, 9.17) is 0 Å².